The highest BCUT2D eigenvalue weighted by molar-refractivity contribution is 5.49. The average molecular weight is 196 g/mol. The smallest absolute Gasteiger partial charge is 0.213 e. The molecule has 2 amide bonds. The summed E-state index contributed by atoms with van der Waals surface area (Å²) in [6, 6.07) is 0. The van der Waals surface area contributed by atoms with Gasteiger partial charge in [0.2, 0.25) is 12.8 Å². The molecule has 0 rings (SSSR count). The fourth-order valence-corrected chi connectivity index (χ4v) is 1.10. The van der Waals surface area contributed by atoms with E-state index in [0.29, 0.717) is 25.9 Å². The number of hydrogen-bond acceptors (Lipinski definition) is 2. The van der Waals surface area contributed by atoms with E-state index in [1.54, 1.807) is 0 Å². The van der Waals surface area contributed by atoms with Gasteiger partial charge in [-0.15, -0.1) is 0 Å². The summed E-state index contributed by atoms with van der Waals surface area (Å²) in [7, 11) is 0. The lowest BCUT2D eigenvalue weighted by molar-refractivity contribution is -0.116. The van der Waals surface area contributed by atoms with Crippen LogP contribution in [0.5, 0.6) is 0 Å². The highest BCUT2D eigenvalue weighted by Crippen LogP contribution is 2.01. The Kier molecular flexibility index (Phi) is 6.11. The molecule has 0 radical (unpaired) electrons. The van der Waals surface area contributed by atoms with Gasteiger partial charge in [0, 0.05) is 13.1 Å². The van der Waals surface area contributed by atoms with Crippen LogP contribution >= 0.6 is 0 Å². The molecule has 0 spiro atoms. The zero-order valence-corrected chi connectivity index (χ0v) is 8.43. The Balaban J connectivity index is 4.00. The molecule has 0 saturated carbocycles. The second-order valence-electron chi connectivity index (χ2n) is 3.07. The predicted octanol–water partition coefficient (Wildman–Crippen LogP) is 0.826. The van der Waals surface area contributed by atoms with Gasteiger partial charge in [0.25, 0.3) is 0 Å². The van der Waals surface area contributed by atoms with E-state index in [4.69, 9.17) is 0 Å². The first kappa shape index (κ1) is 12.4. The average Bonchev–Trinajstić information content (AvgIpc) is 2.22. The van der Waals surface area contributed by atoms with E-state index in [-0.39, 0.29) is 5.92 Å². The Morgan fingerprint density at radius 3 is 1.64 bits per heavy atom. The summed E-state index contributed by atoms with van der Waals surface area (Å²) in [4.78, 5) is 23.8. The number of carbonyl (C=O) groups is 2. The maximum atomic E-state index is 10.4. The van der Waals surface area contributed by atoms with Gasteiger partial charge >= 0.3 is 0 Å². The molecule has 78 valence electrons. The van der Waals surface area contributed by atoms with E-state index in [1.807, 2.05) is 6.92 Å². The van der Waals surface area contributed by atoms with Crippen LogP contribution in [0.4, 0.5) is 0 Å². The molecule has 0 fully saturated rings. The third-order valence-electron chi connectivity index (χ3n) is 1.78. The lowest BCUT2D eigenvalue weighted by atomic mass is 10.1. The topological polar surface area (TPSA) is 40.6 Å². The van der Waals surface area contributed by atoms with Gasteiger partial charge in [-0.1, -0.05) is 20.1 Å². The highest BCUT2D eigenvalue weighted by Gasteiger charge is 2.08. The summed E-state index contributed by atoms with van der Waals surface area (Å²) in [6.07, 6.45) is 4.34. The third kappa shape index (κ3) is 4.45. The fourth-order valence-electron chi connectivity index (χ4n) is 1.10. The van der Waals surface area contributed by atoms with Crippen LogP contribution in [0.25, 0.3) is 0 Å². The number of carbonyl (C=O) groups excluding carboxylic acids is 2. The normalized spacial score (nSPS) is 9.29. The first-order chi connectivity index (χ1) is 6.67. The van der Waals surface area contributed by atoms with Crippen LogP contribution in [-0.4, -0.2) is 35.7 Å². The highest BCUT2D eigenvalue weighted by atomic mass is 16.1. The van der Waals surface area contributed by atoms with Gasteiger partial charge in [0.1, 0.15) is 0 Å². The summed E-state index contributed by atoms with van der Waals surface area (Å²) in [6.45, 7) is 10.0. The van der Waals surface area contributed by atoms with Crippen molar-refractivity contribution in [2.45, 2.75) is 6.92 Å². The largest absolute Gasteiger partial charge is 0.322 e. The molecular formula is C10H16N2O2. The van der Waals surface area contributed by atoms with Crippen LogP contribution in [0.2, 0.25) is 0 Å². The van der Waals surface area contributed by atoms with Gasteiger partial charge < -0.3 is 9.80 Å². The lowest BCUT2D eigenvalue weighted by Crippen LogP contribution is -2.29. The summed E-state index contributed by atoms with van der Waals surface area (Å²) in [5.41, 5.74) is 0. The fraction of sp³-hybridized carbons (Fsp3) is 0.400. The molecule has 0 aliphatic rings. The van der Waals surface area contributed by atoms with Crippen LogP contribution in [0.3, 0.4) is 0 Å². The minimum Gasteiger partial charge on any atom is -0.322 e. The molecule has 0 aromatic rings. The molecule has 0 aliphatic heterocycles. The number of amides is 2. The van der Waals surface area contributed by atoms with Crippen molar-refractivity contribution in [1.29, 1.82) is 0 Å². The number of rotatable bonds is 8. The van der Waals surface area contributed by atoms with Gasteiger partial charge in [-0.25, -0.2) is 0 Å². The maximum absolute atomic E-state index is 10.4. The van der Waals surface area contributed by atoms with E-state index in [1.165, 1.54) is 22.2 Å². The van der Waals surface area contributed by atoms with Crippen molar-refractivity contribution < 1.29 is 9.59 Å². The molecule has 0 aromatic carbocycles. The van der Waals surface area contributed by atoms with Gasteiger partial charge in [-0.3, -0.25) is 9.59 Å². The van der Waals surface area contributed by atoms with Crippen LogP contribution in [-0.2, 0) is 9.59 Å². The van der Waals surface area contributed by atoms with E-state index < -0.39 is 0 Å². The lowest BCUT2D eigenvalue weighted by Gasteiger charge is -2.21. The number of nitrogens with zero attached hydrogens (tertiary/aromatic N) is 2. The molecule has 4 heteroatoms. The molecule has 0 heterocycles. The molecule has 0 aliphatic carbocycles. The summed E-state index contributed by atoms with van der Waals surface area (Å²) < 4.78 is 0. The van der Waals surface area contributed by atoms with E-state index >= 15 is 0 Å². The number of hydrogen-bond donors (Lipinski definition) is 0. The van der Waals surface area contributed by atoms with Crippen molar-refractivity contribution in [2.75, 3.05) is 13.1 Å². The molecule has 0 N–H and O–H groups in total. The second-order valence-corrected chi connectivity index (χ2v) is 3.07. The van der Waals surface area contributed by atoms with Gasteiger partial charge in [-0.2, -0.15) is 0 Å². The molecule has 0 saturated heterocycles. The van der Waals surface area contributed by atoms with Crippen LogP contribution in [0.15, 0.2) is 25.6 Å². The summed E-state index contributed by atoms with van der Waals surface area (Å²) in [5, 5.41) is 0. The Labute approximate surface area is 84.5 Å². The first-order valence-corrected chi connectivity index (χ1v) is 4.35. The SMILES string of the molecule is C=CN(C=O)CC(C)CN(C=C)C=O. The minimum atomic E-state index is 0.182. The molecule has 0 aromatic heterocycles. The van der Waals surface area contributed by atoms with Crippen molar-refractivity contribution in [3.8, 4) is 0 Å². The predicted molar refractivity (Wildman–Crippen MR) is 55.1 cm³/mol. The van der Waals surface area contributed by atoms with Gasteiger partial charge in [0.15, 0.2) is 0 Å². The van der Waals surface area contributed by atoms with Crippen LogP contribution < -0.4 is 0 Å². The summed E-state index contributed by atoms with van der Waals surface area (Å²) >= 11 is 0. The zero-order chi connectivity index (χ0) is 11.0. The monoisotopic (exact) mass is 196 g/mol. The first-order valence-electron chi connectivity index (χ1n) is 4.35. The van der Waals surface area contributed by atoms with Crippen molar-refractivity contribution in [3.05, 3.63) is 25.6 Å². The Hall–Kier alpha value is -1.58. The van der Waals surface area contributed by atoms with Crippen molar-refractivity contribution in [3.63, 3.8) is 0 Å². The van der Waals surface area contributed by atoms with Crippen molar-refractivity contribution in [2.24, 2.45) is 5.92 Å². The second kappa shape index (κ2) is 6.88. The molecule has 0 atom stereocenters. The minimum absolute atomic E-state index is 0.182. The maximum Gasteiger partial charge on any atom is 0.213 e. The molecule has 0 bridgehead atoms. The Bertz CT molecular complexity index is 178. The standard InChI is InChI=1S/C10H16N2O2/c1-4-11(8-13)6-10(3)7-12(5-2)9-14/h4-5,8-10H,1-2,6-7H2,3H3. The van der Waals surface area contributed by atoms with Gasteiger partial charge in [-0.05, 0) is 18.3 Å². The van der Waals surface area contributed by atoms with E-state index in [9.17, 15) is 9.59 Å². The Morgan fingerprint density at radius 2 is 1.43 bits per heavy atom. The van der Waals surface area contributed by atoms with Crippen molar-refractivity contribution >= 4 is 12.8 Å². The molecule has 0 unspecified atom stereocenters. The van der Waals surface area contributed by atoms with E-state index in [0.717, 1.165) is 0 Å². The van der Waals surface area contributed by atoms with Crippen LogP contribution in [0.1, 0.15) is 6.92 Å². The zero-order valence-electron chi connectivity index (χ0n) is 8.43. The van der Waals surface area contributed by atoms with E-state index in [2.05, 4.69) is 13.2 Å². The molecular weight excluding hydrogens is 180 g/mol. The Morgan fingerprint density at radius 1 is 1.07 bits per heavy atom. The third-order valence-corrected chi connectivity index (χ3v) is 1.78. The summed E-state index contributed by atoms with van der Waals surface area (Å²) in [5.74, 6) is 0.182. The quantitative estimate of drug-likeness (QED) is 0.539. The molecule has 14 heavy (non-hydrogen) atoms. The van der Waals surface area contributed by atoms with Crippen molar-refractivity contribution in [1.82, 2.24) is 9.80 Å². The van der Waals surface area contributed by atoms with Crippen LogP contribution in [0, 0.1) is 5.92 Å². The molecule has 4 nitrogen and oxygen atoms in total. The van der Waals surface area contributed by atoms with Gasteiger partial charge in [0.05, 0.1) is 0 Å².